The van der Waals surface area contributed by atoms with Crippen molar-refractivity contribution in [2.75, 3.05) is 7.11 Å². The molecule has 0 unspecified atom stereocenters. The van der Waals surface area contributed by atoms with Crippen LogP contribution in [0.15, 0.2) is 42.6 Å². The number of aryl methyl sites for hydroxylation is 1. The van der Waals surface area contributed by atoms with Gasteiger partial charge in [0.25, 0.3) is 0 Å². The minimum atomic E-state index is -0.218. The molecule has 0 fully saturated rings. The third-order valence-electron chi connectivity index (χ3n) is 4.57. The molecular formula is C21H25N3O2. The summed E-state index contributed by atoms with van der Waals surface area (Å²) in [7, 11) is 1.69. The number of benzene rings is 2. The predicted molar refractivity (Wildman–Crippen MR) is 104 cm³/mol. The minimum absolute atomic E-state index is 0.218. The number of hydrogen-bond acceptors (Lipinski definition) is 3. The molecule has 1 amide bonds. The first-order chi connectivity index (χ1) is 12.7. The fourth-order valence-corrected chi connectivity index (χ4v) is 3.17. The van der Waals surface area contributed by atoms with Gasteiger partial charge in [-0.3, -0.25) is 4.79 Å². The number of aromatic amines is 1. The average molecular weight is 351 g/mol. The molecule has 0 saturated carbocycles. The number of nitrogens with zero attached hydrogens (tertiary/aromatic N) is 1. The van der Waals surface area contributed by atoms with Gasteiger partial charge in [-0.25, -0.2) is 4.98 Å². The SMILES string of the molecule is COc1cc2ccccc2cc1-c1cnc(CCCCCCC(N)=O)[nH]1. The lowest BCUT2D eigenvalue weighted by atomic mass is 10.0. The van der Waals surface area contributed by atoms with Gasteiger partial charge in [0.2, 0.25) is 5.91 Å². The van der Waals surface area contributed by atoms with Crippen molar-refractivity contribution >= 4 is 16.7 Å². The molecule has 26 heavy (non-hydrogen) atoms. The van der Waals surface area contributed by atoms with Crippen molar-refractivity contribution in [2.45, 2.75) is 38.5 Å². The maximum absolute atomic E-state index is 10.7. The Hall–Kier alpha value is -2.82. The van der Waals surface area contributed by atoms with E-state index in [-0.39, 0.29) is 5.91 Å². The molecule has 0 aliphatic rings. The molecule has 0 atom stereocenters. The van der Waals surface area contributed by atoms with Crippen molar-refractivity contribution in [3.05, 3.63) is 48.4 Å². The van der Waals surface area contributed by atoms with Crippen LogP contribution in [0.3, 0.4) is 0 Å². The zero-order valence-corrected chi connectivity index (χ0v) is 15.1. The highest BCUT2D eigenvalue weighted by molar-refractivity contribution is 5.90. The van der Waals surface area contributed by atoms with E-state index in [4.69, 9.17) is 10.5 Å². The molecule has 0 saturated heterocycles. The standard InChI is InChI=1S/C21H25N3O2/c1-26-19-13-16-9-7-6-8-15(16)12-17(19)18-14-23-21(24-18)11-5-3-2-4-10-20(22)25/h6-9,12-14H,2-5,10-11H2,1H3,(H2,22,25)(H,23,24). The molecule has 3 rings (SSSR count). The number of carbonyl (C=O) groups excluding carboxylic acids is 1. The first kappa shape index (κ1) is 18.0. The van der Waals surface area contributed by atoms with Gasteiger partial charge in [0.15, 0.2) is 0 Å². The first-order valence-corrected chi connectivity index (χ1v) is 9.06. The van der Waals surface area contributed by atoms with E-state index in [1.165, 1.54) is 5.39 Å². The zero-order valence-electron chi connectivity index (χ0n) is 15.1. The average Bonchev–Trinajstić information content (AvgIpc) is 3.12. The number of fused-ring (bicyclic) bond motifs is 1. The number of aromatic nitrogens is 2. The molecule has 3 aromatic rings. The number of methoxy groups -OCH3 is 1. The van der Waals surface area contributed by atoms with Gasteiger partial charge in [0, 0.05) is 18.4 Å². The van der Waals surface area contributed by atoms with E-state index in [9.17, 15) is 4.79 Å². The summed E-state index contributed by atoms with van der Waals surface area (Å²) in [6.45, 7) is 0. The van der Waals surface area contributed by atoms with E-state index < -0.39 is 0 Å². The van der Waals surface area contributed by atoms with Crippen LogP contribution in [0.5, 0.6) is 5.75 Å². The van der Waals surface area contributed by atoms with Crippen LogP contribution in [-0.2, 0) is 11.2 Å². The van der Waals surface area contributed by atoms with Crippen molar-refractivity contribution in [3.63, 3.8) is 0 Å². The zero-order chi connectivity index (χ0) is 18.4. The van der Waals surface area contributed by atoms with Crippen molar-refractivity contribution in [1.82, 2.24) is 9.97 Å². The van der Waals surface area contributed by atoms with Gasteiger partial charge in [-0.1, -0.05) is 37.1 Å². The fourth-order valence-electron chi connectivity index (χ4n) is 3.17. The second-order valence-corrected chi connectivity index (χ2v) is 6.52. The number of nitrogens with one attached hydrogen (secondary N) is 1. The summed E-state index contributed by atoms with van der Waals surface area (Å²) in [5, 5.41) is 2.33. The van der Waals surface area contributed by atoms with Crippen molar-refractivity contribution < 1.29 is 9.53 Å². The Morgan fingerprint density at radius 3 is 2.58 bits per heavy atom. The maximum atomic E-state index is 10.7. The molecule has 0 aliphatic carbocycles. The smallest absolute Gasteiger partial charge is 0.217 e. The third kappa shape index (κ3) is 4.42. The van der Waals surface area contributed by atoms with E-state index in [0.29, 0.717) is 6.42 Å². The number of amides is 1. The number of nitrogens with two attached hydrogens (primary N) is 1. The Bertz CT molecular complexity index is 886. The summed E-state index contributed by atoms with van der Waals surface area (Å²) in [5.74, 6) is 1.60. The first-order valence-electron chi connectivity index (χ1n) is 9.06. The number of imidazole rings is 1. The second kappa shape index (κ2) is 8.52. The van der Waals surface area contributed by atoms with Gasteiger partial charge in [-0.05, 0) is 35.7 Å². The molecule has 0 aliphatic heterocycles. The van der Waals surface area contributed by atoms with E-state index in [2.05, 4.69) is 34.2 Å². The predicted octanol–water partition coefficient (Wildman–Crippen LogP) is 4.22. The largest absolute Gasteiger partial charge is 0.496 e. The van der Waals surface area contributed by atoms with Crippen LogP contribution < -0.4 is 10.5 Å². The molecule has 1 heterocycles. The fraction of sp³-hybridized carbons (Fsp3) is 0.333. The number of carbonyl (C=O) groups is 1. The van der Waals surface area contributed by atoms with Gasteiger partial charge in [0.05, 0.1) is 19.0 Å². The topological polar surface area (TPSA) is 81.0 Å². The van der Waals surface area contributed by atoms with Gasteiger partial charge < -0.3 is 15.5 Å². The number of ether oxygens (including phenoxy) is 1. The van der Waals surface area contributed by atoms with E-state index in [0.717, 1.165) is 60.3 Å². The summed E-state index contributed by atoms with van der Waals surface area (Å²) in [5.41, 5.74) is 7.14. The third-order valence-corrected chi connectivity index (χ3v) is 4.57. The summed E-state index contributed by atoms with van der Waals surface area (Å²) in [6.07, 6.45) is 7.25. The number of hydrogen-bond donors (Lipinski definition) is 2. The molecule has 0 spiro atoms. The quantitative estimate of drug-likeness (QED) is 0.566. The molecule has 2 aromatic carbocycles. The summed E-state index contributed by atoms with van der Waals surface area (Å²) >= 11 is 0. The number of rotatable bonds is 9. The van der Waals surface area contributed by atoms with Crippen molar-refractivity contribution in [1.29, 1.82) is 0 Å². The van der Waals surface area contributed by atoms with E-state index in [1.54, 1.807) is 7.11 Å². The maximum Gasteiger partial charge on any atom is 0.217 e. The highest BCUT2D eigenvalue weighted by atomic mass is 16.5. The number of primary amides is 1. The number of H-pyrrole nitrogens is 1. The van der Waals surface area contributed by atoms with Crippen LogP contribution in [0.25, 0.3) is 22.0 Å². The molecule has 5 heteroatoms. The van der Waals surface area contributed by atoms with E-state index in [1.807, 2.05) is 18.3 Å². The minimum Gasteiger partial charge on any atom is -0.496 e. The molecule has 136 valence electrons. The molecule has 1 aromatic heterocycles. The highest BCUT2D eigenvalue weighted by Gasteiger charge is 2.11. The van der Waals surface area contributed by atoms with E-state index >= 15 is 0 Å². The normalized spacial score (nSPS) is 11.0. The Kier molecular flexibility index (Phi) is 5.89. The summed E-state index contributed by atoms with van der Waals surface area (Å²) in [6, 6.07) is 12.4. The Labute approximate surface area is 153 Å². The van der Waals surface area contributed by atoms with Gasteiger partial charge in [-0.2, -0.15) is 0 Å². The second-order valence-electron chi connectivity index (χ2n) is 6.52. The van der Waals surface area contributed by atoms with Gasteiger partial charge in [-0.15, -0.1) is 0 Å². The van der Waals surface area contributed by atoms with Crippen LogP contribution in [0, 0.1) is 0 Å². The number of unbranched alkanes of at least 4 members (excludes halogenated alkanes) is 3. The van der Waals surface area contributed by atoms with Crippen LogP contribution in [-0.4, -0.2) is 23.0 Å². The molecule has 0 bridgehead atoms. The molecular weight excluding hydrogens is 326 g/mol. The monoisotopic (exact) mass is 351 g/mol. The highest BCUT2D eigenvalue weighted by Crippen LogP contribution is 2.33. The van der Waals surface area contributed by atoms with Crippen molar-refractivity contribution in [2.24, 2.45) is 5.73 Å². The van der Waals surface area contributed by atoms with Gasteiger partial charge in [0.1, 0.15) is 11.6 Å². The van der Waals surface area contributed by atoms with Crippen LogP contribution in [0.4, 0.5) is 0 Å². The van der Waals surface area contributed by atoms with Crippen LogP contribution in [0.1, 0.15) is 37.9 Å². The molecule has 3 N–H and O–H groups in total. The van der Waals surface area contributed by atoms with Crippen LogP contribution in [0.2, 0.25) is 0 Å². The lowest BCUT2D eigenvalue weighted by Crippen LogP contribution is -2.09. The Morgan fingerprint density at radius 1 is 1.12 bits per heavy atom. The Balaban J connectivity index is 1.66. The molecule has 5 nitrogen and oxygen atoms in total. The summed E-state index contributed by atoms with van der Waals surface area (Å²) < 4.78 is 5.58. The lowest BCUT2D eigenvalue weighted by Gasteiger charge is -2.09. The lowest BCUT2D eigenvalue weighted by molar-refractivity contribution is -0.118. The Morgan fingerprint density at radius 2 is 1.85 bits per heavy atom. The summed E-state index contributed by atoms with van der Waals surface area (Å²) in [4.78, 5) is 18.6. The van der Waals surface area contributed by atoms with Gasteiger partial charge >= 0.3 is 0 Å². The van der Waals surface area contributed by atoms with Crippen molar-refractivity contribution in [3.8, 4) is 17.0 Å². The van der Waals surface area contributed by atoms with Crippen LogP contribution >= 0.6 is 0 Å². The molecule has 0 radical (unpaired) electrons.